The lowest BCUT2D eigenvalue weighted by Crippen LogP contribution is -3.14. The minimum Gasteiger partial charge on any atom is -0.327 e. The fraction of sp³-hybridized carbons (Fsp3) is 0.562. The van der Waals surface area contributed by atoms with Crippen molar-refractivity contribution in [2.45, 2.75) is 32.1 Å². The van der Waals surface area contributed by atoms with E-state index in [0.29, 0.717) is 12.5 Å². The summed E-state index contributed by atoms with van der Waals surface area (Å²) in [6.07, 6.45) is 6.09. The number of nitrogens with one attached hydrogen (secondary N) is 1. The molecule has 0 saturated carbocycles. The average Bonchev–Trinajstić information content (AvgIpc) is 2.47. The summed E-state index contributed by atoms with van der Waals surface area (Å²) in [6, 6.07) is 8.36. The predicted octanol–water partition coefficient (Wildman–Crippen LogP) is 1.03. The second-order valence-corrected chi connectivity index (χ2v) is 5.77. The van der Waals surface area contributed by atoms with Crippen molar-refractivity contribution < 1.29 is 9.69 Å². The van der Waals surface area contributed by atoms with Crippen molar-refractivity contribution in [2.24, 2.45) is 0 Å². The SMILES string of the molecule is O=C(C[NH+]1CCCCC1)N1CCCc2ccccc21. The Morgan fingerprint density at radius 3 is 2.74 bits per heavy atom. The van der Waals surface area contributed by atoms with Crippen molar-refractivity contribution in [3.63, 3.8) is 0 Å². The largest absolute Gasteiger partial charge is 0.327 e. The number of carbonyl (C=O) groups is 1. The molecule has 1 aromatic carbocycles. The molecular weight excluding hydrogens is 236 g/mol. The molecule has 3 rings (SSSR count). The van der Waals surface area contributed by atoms with E-state index in [9.17, 15) is 4.79 Å². The second-order valence-electron chi connectivity index (χ2n) is 5.77. The first kappa shape index (κ1) is 12.7. The van der Waals surface area contributed by atoms with Gasteiger partial charge in [0.05, 0.1) is 13.1 Å². The molecule has 2 heterocycles. The van der Waals surface area contributed by atoms with Gasteiger partial charge in [-0.1, -0.05) is 18.2 Å². The molecule has 102 valence electrons. The van der Waals surface area contributed by atoms with E-state index >= 15 is 0 Å². The first-order valence-corrected chi connectivity index (χ1v) is 7.56. The number of hydrogen-bond acceptors (Lipinski definition) is 1. The van der Waals surface area contributed by atoms with Crippen LogP contribution in [0, 0.1) is 0 Å². The van der Waals surface area contributed by atoms with Gasteiger partial charge in [-0.25, -0.2) is 0 Å². The highest BCUT2D eigenvalue weighted by Crippen LogP contribution is 2.26. The van der Waals surface area contributed by atoms with Crippen LogP contribution in [-0.4, -0.2) is 32.1 Å². The Bertz CT molecular complexity index is 452. The smallest absolute Gasteiger partial charge is 0.282 e. The molecule has 0 bridgehead atoms. The summed E-state index contributed by atoms with van der Waals surface area (Å²) in [5, 5.41) is 0. The Kier molecular flexibility index (Phi) is 3.83. The Balaban J connectivity index is 1.70. The molecule has 1 saturated heterocycles. The van der Waals surface area contributed by atoms with E-state index in [-0.39, 0.29) is 0 Å². The number of anilines is 1. The van der Waals surface area contributed by atoms with Gasteiger partial charge >= 0.3 is 0 Å². The minimum absolute atomic E-state index is 0.309. The van der Waals surface area contributed by atoms with Crippen molar-refractivity contribution >= 4 is 11.6 Å². The third-order valence-electron chi connectivity index (χ3n) is 4.37. The van der Waals surface area contributed by atoms with Crippen molar-refractivity contribution in [1.82, 2.24) is 0 Å². The van der Waals surface area contributed by atoms with Crippen LogP contribution >= 0.6 is 0 Å². The van der Waals surface area contributed by atoms with Gasteiger partial charge in [0.1, 0.15) is 0 Å². The third-order valence-corrected chi connectivity index (χ3v) is 4.37. The normalized spacial score (nSPS) is 20.1. The van der Waals surface area contributed by atoms with Gasteiger partial charge in [-0.15, -0.1) is 0 Å². The van der Waals surface area contributed by atoms with Crippen molar-refractivity contribution in [3.05, 3.63) is 29.8 Å². The van der Waals surface area contributed by atoms with E-state index < -0.39 is 0 Å². The first-order chi connectivity index (χ1) is 9.34. The van der Waals surface area contributed by atoms with Gasteiger partial charge in [-0.2, -0.15) is 0 Å². The molecule has 3 heteroatoms. The number of nitrogens with zero attached hydrogens (tertiary/aromatic N) is 1. The topological polar surface area (TPSA) is 24.8 Å². The summed E-state index contributed by atoms with van der Waals surface area (Å²) >= 11 is 0. The standard InChI is InChI=1S/C16H22N2O/c19-16(13-17-10-4-1-5-11-17)18-12-6-8-14-7-2-3-9-15(14)18/h2-3,7,9H,1,4-6,8,10-13H2/p+1. The van der Waals surface area contributed by atoms with E-state index in [1.807, 2.05) is 11.0 Å². The van der Waals surface area contributed by atoms with Crippen molar-refractivity contribution in [2.75, 3.05) is 31.1 Å². The molecule has 1 fully saturated rings. The van der Waals surface area contributed by atoms with Crippen LogP contribution in [0.15, 0.2) is 24.3 Å². The van der Waals surface area contributed by atoms with Gasteiger partial charge in [0, 0.05) is 12.2 Å². The maximum atomic E-state index is 12.5. The van der Waals surface area contributed by atoms with Crippen LogP contribution < -0.4 is 9.80 Å². The summed E-state index contributed by atoms with van der Waals surface area (Å²) in [5.41, 5.74) is 2.48. The van der Waals surface area contributed by atoms with Gasteiger partial charge in [-0.05, 0) is 43.7 Å². The number of carbonyl (C=O) groups excluding carboxylic acids is 1. The highest BCUT2D eigenvalue weighted by atomic mass is 16.2. The summed E-state index contributed by atoms with van der Waals surface area (Å²) in [4.78, 5) is 16.0. The zero-order valence-corrected chi connectivity index (χ0v) is 11.5. The number of hydrogen-bond donors (Lipinski definition) is 1. The maximum Gasteiger partial charge on any atom is 0.282 e. The number of piperidine rings is 1. The monoisotopic (exact) mass is 259 g/mol. The molecule has 2 aliphatic heterocycles. The number of amides is 1. The number of para-hydroxylation sites is 1. The predicted molar refractivity (Wildman–Crippen MR) is 76.5 cm³/mol. The fourth-order valence-corrected chi connectivity index (χ4v) is 3.33. The molecule has 0 unspecified atom stereocenters. The molecule has 3 nitrogen and oxygen atoms in total. The zero-order valence-electron chi connectivity index (χ0n) is 11.5. The number of aryl methyl sites for hydroxylation is 1. The summed E-state index contributed by atoms with van der Waals surface area (Å²) in [7, 11) is 0. The lowest BCUT2D eigenvalue weighted by Gasteiger charge is -2.31. The molecule has 0 atom stereocenters. The number of likely N-dealkylation sites (tertiary alicyclic amines) is 1. The highest BCUT2D eigenvalue weighted by molar-refractivity contribution is 5.95. The molecule has 0 radical (unpaired) electrons. The zero-order chi connectivity index (χ0) is 13.1. The van der Waals surface area contributed by atoms with Crippen LogP contribution in [0.25, 0.3) is 0 Å². The van der Waals surface area contributed by atoms with Crippen LogP contribution in [0.2, 0.25) is 0 Å². The molecule has 0 aliphatic carbocycles. The Morgan fingerprint density at radius 2 is 1.89 bits per heavy atom. The van der Waals surface area contributed by atoms with Crippen LogP contribution in [0.3, 0.4) is 0 Å². The van der Waals surface area contributed by atoms with E-state index in [1.54, 1.807) is 0 Å². The number of rotatable bonds is 2. The maximum absolute atomic E-state index is 12.5. The fourth-order valence-electron chi connectivity index (χ4n) is 3.33. The molecule has 2 aliphatic rings. The van der Waals surface area contributed by atoms with Gasteiger partial charge in [-0.3, -0.25) is 4.79 Å². The van der Waals surface area contributed by atoms with Gasteiger partial charge in [0.25, 0.3) is 5.91 Å². The lowest BCUT2D eigenvalue weighted by molar-refractivity contribution is -0.896. The second kappa shape index (κ2) is 5.74. The lowest BCUT2D eigenvalue weighted by atomic mass is 10.0. The Labute approximate surface area is 115 Å². The molecule has 1 N–H and O–H groups in total. The van der Waals surface area contributed by atoms with E-state index in [1.165, 1.54) is 42.8 Å². The van der Waals surface area contributed by atoms with Crippen LogP contribution in [0.1, 0.15) is 31.2 Å². The number of quaternary nitrogens is 1. The quantitative estimate of drug-likeness (QED) is 0.843. The molecule has 0 aromatic heterocycles. The average molecular weight is 259 g/mol. The summed E-state index contributed by atoms with van der Waals surface area (Å²) in [5.74, 6) is 0.309. The van der Waals surface area contributed by atoms with Crippen LogP contribution in [0.4, 0.5) is 5.69 Å². The third kappa shape index (κ3) is 2.81. The van der Waals surface area contributed by atoms with E-state index in [2.05, 4.69) is 18.2 Å². The Hall–Kier alpha value is -1.35. The number of fused-ring (bicyclic) bond motifs is 1. The van der Waals surface area contributed by atoms with E-state index in [4.69, 9.17) is 0 Å². The first-order valence-electron chi connectivity index (χ1n) is 7.56. The van der Waals surface area contributed by atoms with Crippen molar-refractivity contribution in [3.8, 4) is 0 Å². The molecule has 1 aromatic rings. The Morgan fingerprint density at radius 1 is 1.11 bits per heavy atom. The van der Waals surface area contributed by atoms with Gasteiger partial charge < -0.3 is 9.80 Å². The minimum atomic E-state index is 0.309. The molecule has 1 amide bonds. The molecular formula is C16H23N2O+. The molecule has 0 spiro atoms. The van der Waals surface area contributed by atoms with Gasteiger partial charge in [0.2, 0.25) is 0 Å². The molecule has 19 heavy (non-hydrogen) atoms. The summed E-state index contributed by atoms with van der Waals surface area (Å²) < 4.78 is 0. The number of benzene rings is 1. The highest BCUT2D eigenvalue weighted by Gasteiger charge is 2.26. The van der Waals surface area contributed by atoms with Crippen LogP contribution in [-0.2, 0) is 11.2 Å². The summed E-state index contributed by atoms with van der Waals surface area (Å²) in [6.45, 7) is 3.90. The van der Waals surface area contributed by atoms with Crippen molar-refractivity contribution in [1.29, 1.82) is 0 Å². The van der Waals surface area contributed by atoms with E-state index in [0.717, 1.165) is 25.1 Å². The van der Waals surface area contributed by atoms with Crippen LogP contribution in [0.5, 0.6) is 0 Å². The van der Waals surface area contributed by atoms with Gasteiger partial charge in [0.15, 0.2) is 6.54 Å².